The maximum Gasteiger partial charge on any atom is 0.107 e. The van der Waals surface area contributed by atoms with Crippen molar-refractivity contribution in [1.29, 1.82) is 0 Å². The second-order valence-electron chi connectivity index (χ2n) is 4.48. The van der Waals surface area contributed by atoms with Crippen LogP contribution < -0.4 is 5.73 Å². The first-order valence-electron chi connectivity index (χ1n) is 6.00. The van der Waals surface area contributed by atoms with E-state index in [0.29, 0.717) is 0 Å². The van der Waals surface area contributed by atoms with Crippen LogP contribution in [0, 0.1) is 6.92 Å². The van der Waals surface area contributed by atoms with Gasteiger partial charge in [0.25, 0.3) is 0 Å². The lowest BCUT2D eigenvalue weighted by Crippen LogP contribution is -2.01. The van der Waals surface area contributed by atoms with E-state index in [0.717, 1.165) is 29.1 Å². The molecule has 0 aliphatic carbocycles. The molecule has 0 atom stereocenters. The maximum atomic E-state index is 5.79. The number of anilines is 1. The van der Waals surface area contributed by atoms with Crippen LogP contribution in [0.25, 0.3) is 11.0 Å². The number of hydrogen-bond donors (Lipinski definition) is 1. The largest absolute Gasteiger partial charge is 0.399 e. The molecule has 1 aromatic heterocycles. The molecule has 0 bridgehead atoms. The lowest BCUT2D eigenvalue weighted by molar-refractivity contribution is 0.786. The van der Waals surface area contributed by atoms with E-state index in [1.165, 1.54) is 5.56 Å². The molecule has 2 N–H and O–H groups in total. The third-order valence-corrected chi connectivity index (χ3v) is 3.15. The van der Waals surface area contributed by atoms with Gasteiger partial charge < -0.3 is 10.3 Å². The predicted octanol–water partition coefficient (Wildman–Crippen LogP) is 3.82. The van der Waals surface area contributed by atoms with Crippen molar-refractivity contribution in [3.05, 3.63) is 59.9 Å². The minimum atomic E-state index is 0. The summed E-state index contributed by atoms with van der Waals surface area (Å²) >= 11 is 0. The van der Waals surface area contributed by atoms with Crippen molar-refractivity contribution in [3.8, 4) is 0 Å². The second kappa shape index (κ2) is 6.64. The van der Waals surface area contributed by atoms with Crippen LogP contribution in [-0.4, -0.2) is 9.55 Å². The molecule has 0 amide bonds. The fourth-order valence-electron chi connectivity index (χ4n) is 2.23. The normalized spacial score (nSPS) is 9.85. The first-order chi connectivity index (χ1) is 8.74. The molecule has 3 aromatic rings. The number of nitrogen functional groups attached to an aromatic ring is 1. The lowest BCUT2D eigenvalue weighted by Gasteiger charge is -2.06. The van der Waals surface area contributed by atoms with Gasteiger partial charge in [-0.1, -0.05) is 30.3 Å². The van der Waals surface area contributed by atoms with Crippen LogP contribution >= 0.6 is 24.8 Å². The van der Waals surface area contributed by atoms with Crippen LogP contribution in [0.5, 0.6) is 0 Å². The summed E-state index contributed by atoms with van der Waals surface area (Å²) < 4.78 is 2.21. The van der Waals surface area contributed by atoms with Gasteiger partial charge in [0, 0.05) is 12.2 Å². The van der Waals surface area contributed by atoms with Crippen LogP contribution in [-0.2, 0) is 6.54 Å². The molecule has 1 heterocycles. The van der Waals surface area contributed by atoms with E-state index in [2.05, 4.69) is 33.8 Å². The van der Waals surface area contributed by atoms with Gasteiger partial charge in [0.2, 0.25) is 0 Å². The van der Waals surface area contributed by atoms with Crippen molar-refractivity contribution >= 4 is 41.5 Å². The summed E-state index contributed by atoms with van der Waals surface area (Å²) in [5.74, 6) is 1.01. The highest BCUT2D eigenvalue weighted by Gasteiger charge is 2.07. The topological polar surface area (TPSA) is 43.8 Å². The highest BCUT2D eigenvalue weighted by Crippen LogP contribution is 2.20. The molecule has 0 saturated heterocycles. The number of imidazole rings is 1. The molecule has 0 unspecified atom stereocenters. The van der Waals surface area contributed by atoms with Crippen molar-refractivity contribution in [2.75, 3.05) is 5.73 Å². The highest BCUT2D eigenvalue weighted by molar-refractivity contribution is 5.85. The Kier molecular flexibility index (Phi) is 5.43. The predicted molar refractivity (Wildman–Crippen MR) is 88.9 cm³/mol. The monoisotopic (exact) mass is 309 g/mol. The molecule has 0 aliphatic rings. The smallest absolute Gasteiger partial charge is 0.107 e. The molecule has 0 aliphatic heterocycles. The average Bonchev–Trinajstić information content (AvgIpc) is 2.66. The van der Waals surface area contributed by atoms with Crippen molar-refractivity contribution < 1.29 is 0 Å². The number of fused-ring (bicyclic) bond motifs is 1. The number of nitrogens with zero attached hydrogens (tertiary/aromatic N) is 2. The lowest BCUT2D eigenvalue weighted by atomic mass is 10.2. The molecule has 20 heavy (non-hydrogen) atoms. The summed E-state index contributed by atoms with van der Waals surface area (Å²) in [5.41, 5.74) is 9.91. The Labute approximate surface area is 130 Å². The van der Waals surface area contributed by atoms with E-state index >= 15 is 0 Å². The van der Waals surface area contributed by atoms with E-state index in [1.807, 2.05) is 31.2 Å². The summed E-state index contributed by atoms with van der Waals surface area (Å²) in [6.45, 7) is 2.87. The van der Waals surface area contributed by atoms with E-state index in [-0.39, 0.29) is 24.8 Å². The Hall–Kier alpha value is -1.71. The Bertz CT molecular complexity index is 693. The molecular weight excluding hydrogens is 293 g/mol. The Morgan fingerprint density at radius 3 is 2.45 bits per heavy atom. The van der Waals surface area contributed by atoms with Crippen LogP contribution in [0.15, 0.2) is 48.5 Å². The number of aromatic nitrogens is 2. The van der Waals surface area contributed by atoms with Gasteiger partial charge in [-0.3, -0.25) is 0 Å². The van der Waals surface area contributed by atoms with Gasteiger partial charge in [-0.2, -0.15) is 0 Å². The van der Waals surface area contributed by atoms with Crippen LogP contribution in [0.1, 0.15) is 11.4 Å². The van der Waals surface area contributed by atoms with Gasteiger partial charge in [0.05, 0.1) is 11.0 Å². The number of halogens is 2. The molecule has 2 aromatic carbocycles. The third kappa shape index (κ3) is 3.06. The number of rotatable bonds is 2. The van der Waals surface area contributed by atoms with Crippen molar-refractivity contribution in [2.24, 2.45) is 0 Å². The molecule has 0 saturated carbocycles. The van der Waals surface area contributed by atoms with Gasteiger partial charge in [0.1, 0.15) is 5.82 Å². The highest BCUT2D eigenvalue weighted by atomic mass is 35.5. The molecule has 0 fully saturated rings. The Morgan fingerprint density at radius 1 is 1.05 bits per heavy atom. The van der Waals surface area contributed by atoms with Gasteiger partial charge >= 0.3 is 0 Å². The Morgan fingerprint density at radius 2 is 1.75 bits per heavy atom. The summed E-state index contributed by atoms with van der Waals surface area (Å²) in [6.07, 6.45) is 0. The van der Waals surface area contributed by atoms with Crippen molar-refractivity contribution in [2.45, 2.75) is 13.5 Å². The quantitative estimate of drug-likeness (QED) is 0.731. The molecule has 106 valence electrons. The first-order valence-corrected chi connectivity index (χ1v) is 6.00. The third-order valence-electron chi connectivity index (χ3n) is 3.15. The minimum Gasteiger partial charge on any atom is -0.399 e. The van der Waals surface area contributed by atoms with Crippen molar-refractivity contribution in [1.82, 2.24) is 9.55 Å². The van der Waals surface area contributed by atoms with E-state index < -0.39 is 0 Å². The zero-order valence-electron chi connectivity index (χ0n) is 11.1. The van der Waals surface area contributed by atoms with E-state index in [1.54, 1.807) is 0 Å². The molecule has 0 spiro atoms. The van der Waals surface area contributed by atoms with Crippen LogP contribution in [0.2, 0.25) is 0 Å². The molecule has 3 nitrogen and oxygen atoms in total. The summed E-state index contributed by atoms with van der Waals surface area (Å²) in [4.78, 5) is 4.55. The number of benzene rings is 2. The fraction of sp³-hybridized carbons (Fsp3) is 0.133. The summed E-state index contributed by atoms with van der Waals surface area (Å²) in [5, 5.41) is 0. The number of aryl methyl sites for hydroxylation is 1. The molecule has 5 heteroatoms. The summed E-state index contributed by atoms with van der Waals surface area (Å²) in [7, 11) is 0. The molecule has 3 rings (SSSR count). The van der Waals surface area contributed by atoms with Crippen molar-refractivity contribution in [3.63, 3.8) is 0 Å². The van der Waals surface area contributed by atoms with Crippen LogP contribution in [0.3, 0.4) is 0 Å². The first kappa shape index (κ1) is 16.3. The number of hydrogen-bond acceptors (Lipinski definition) is 2. The fourth-order valence-corrected chi connectivity index (χ4v) is 2.23. The van der Waals surface area contributed by atoms with Crippen LogP contribution in [0.4, 0.5) is 5.69 Å². The zero-order valence-corrected chi connectivity index (χ0v) is 12.7. The Balaban J connectivity index is 0.000001000. The molecule has 0 radical (unpaired) electrons. The minimum absolute atomic E-state index is 0. The average molecular weight is 310 g/mol. The van der Waals surface area contributed by atoms with E-state index in [9.17, 15) is 0 Å². The van der Waals surface area contributed by atoms with E-state index in [4.69, 9.17) is 5.73 Å². The summed E-state index contributed by atoms with van der Waals surface area (Å²) in [6, 6.07) is 16.3. The SMILES string of the molecule is Cc1nc2cc(N)ccc2n1Cc1ccccc1.Cl.Cl. The standard InChI is InChI=1S/C15H15N3.2ClH/c1-11-17-14-9-13(16)7-8-15(14)18(11)10-12-5-3-2-4-6-12;;/h2-9H,10,16H2,1H3;2*1H. The zero-order chi connectivity index (χ0) is 12.5. The van der Waals surface area contributed by atoms with Gasteiger partial charge in [-0.15, -0.1) is 24.8 Å². The van der Waals surface area contributed by atoms with Gasteiger partial charge in [-0.25, -0.2) is 4.98 Å². The second-order valence-corrected chi connectivity index (χ2v) is 4.48. The molecular formula is C15H17Cl2N3. The van der Waals surface area contributed by atoms with Gasteiger partial charge in [0.15, 0.2) is 0 Å². The van der Waals surface area contributed by atoms with Gasteiger partial charge in [-0.05, 0) is 30.7 Å². The maximum absolute atomic E-state index is 5.79. The number of nitrogens with two attached hydrogens (primary N) is 1.